The molecule has 0 saturated heterocycles. The van der Waals surface area contributed by atoms with Crippen molar-refractivity contribution in [1.82, 2.24) is 4.98 Å². The Balaban J connectivity index is 1.65. The average Bonchev–Trinajstić information content (AvgIpc) is 2.77. The minimum absolute atomic E-state index is 0.175. The van der Waals surface area contributed by atoms with Crippen LogP contribution < -0.4 is 10.2 Å². The van der Waals surface area contributed by atoms with Crippen LogP contribution in [0.5, 0.6) is 0 Å². The normalized spacial score (nSPS) is 15.3. The van der Waals surface area contributed by atoms with Gasteiger partial charge in [0.25, 0.3) is 0 Å². The molecular weight excluding hydrogens is 455 g/mol. The quantitative estimate of drug-likeness (QED) is 0.438. The van der Waals surface area contributed by atoms with Crippen LogP contribution in [0.2, 0.25) is 0 Å². The number of alkyl halides is 3. The van der Waals surface area contributed by atoms with Crippen molar-refractivity contribution >= 4 is 39.7 Å². The number of fused-ring (bicyclic) bond motifs is 2. The molecule has 5 nitrogen and oxygen atoms in total. The van der Waals surface area contributed by atoms with Crippen molar-refractivity contribution in [2.24, 2.45) is 5.41 Å². The molecule has 2 aromatic carbocycles. The second-order valence-corrected chi connectivity index (χ2v) is 9.83. The fraction of sp³-hybridized carbons (Fsp3) is 0.296. The van der Waals surface area contributed by atoms with Crippen LogP contribution in [0.15, 0.2) is 60.8 Å². The Morgan fingerprint density at radius 3 is 2.57 bits per heavy atom. The van der Waals surface area contributed by atoms with Crippen LogP contribution in [0.25, 0.3) is 16.5 Å². The van der Waals surface area contributed by atoms with Crippen molar-refractivity contribution in [3.05, 3.63) is 71.9 Å². The summed E-state index contributed by atoms with van der Waals surface area (Å²) in [5.74, 6) is -0.652. The molecule has 4 rings (SSSR count). The van der Waals surface area contributed by atoms with E-state index in [9.17, 15) is 22.8 Å². The Morgan fingerprint density at radius 2 is 1.86 bits per heavy atom. The molecule has 3 aromatic rings. The Kier molecular flexibility index (Phi) is 6.40. The van der Waals surface area contributed by atoms with Gasteiger partial charge in [-0.1, -0.05) is 39.0 Å². The maximum absolute atomic E-state index is 13.4. The lowest BCUT2D eigenvalue weighted by molar-refractivity contribution is -0.137. The molecule has 182 valence electrons. The monoisotopic (exact) mass is 481 g/mol. The van der Waals surface area contributed by atoms with E-state index in [1.54, 1.807) is 18.3 Å². The van der Waals surface area contributed by atoms with Crippen LogP contribution in [-0.2, 0) is 15.8 Å². The van der Waals surface area contributed by atoms with Gasteiger partial charge in [0.2, 0.25) is 11.8 Å². The maximum atomic E-state index is 13.4. The van der Waals surface area contributed by atoms with E-state index in [0.717, 1.165) is 23.0 Å². The summed E-state index contributed by atoms with van der Waals surface area (Å²) in [5.41, 5.74) is 1.33. The summed E-state index contributed by atoms with van der Waals surface area (Å²) in [7, 11) is 0. The summed E-state index contributed by atoms with van der Waals surface area (Å²) in [6.45, 7) is 5.90. The third kappa shape index (κ3) is 5.70. The Hall–Kier alpha value is -3.68. The number of amides is 2. The van der Waals surface area contributed by atoms with E-state index in [4.69, 9.17) is 0 Å². The topological polar surface area (TPSA) is 62.3 Å². The number of anilines is 2. The molecule has 1 aromatic heterocycles. The minimum Gasteiger partial charge on any atom is -0.322 e. The molecule has 8 heteroatoms. The highest BCUT2D eigenvalue weighted by Gasteiger charge is 2.34. The first-order chi connectivity index (χ1) is 16.4. The van der Waals surface area contributed by atoms with Crippen LogP contribution in [-0.4, -0.2) is 23.3 Å². The van der Waals surface area contributed by atoms with Crippen LogP contribution in [0.4, 0.5) is 24.5 Å². The SMILES string of the molecule is CC(C)(C)CC(=O)N1CCC(=CC(=O)Nc2ccc3cccnc3c2)c2ccc(C(F)(F)F)cc21. The van der Waals surface area contributed by atoms with Gasteiger partial charge in [-0.15, -0.1) is 0 Å². The predicted octanol–water partition coefficient (Wildman–Crippen LogP) is 6.45. The number of aromatic nitrogens is 1. The third-order valence-electron chi connectivity index (χ3n) is 5.73. The summed E-state index contributed by atoms with van der Waals surface area (Å²) in [4.78, 5) is 31.4. The smallest absolute Gasteiger partial charge is 0.322 e. The highest BCUT2D eigenvalue weighted by Crippen LogP contribution is 2.40. The van der Waals surface area contributed by atoms with Gasteiger partial charge in [0, 0.05) is 41.9 Å². The second-order valence-electron chi connectivity index (χ2n) is 9.83. The first-order valence-electron chi connectivity index (χ1n) is 11.3. The summed E-state index contributed by atoms with van der Waals surface area (Å²) in [5, 5.41) is 3.73. The van der Waals surface area contributed by atoms with Gasteiger partial charge in [0.05, 0.1) is 16.8 Å². The largest absolute Gasteiger partial charge is 0.416 e. The number of carbonyl (C=O) groups excluding carboxylic acids is 2. The number of pyridine rings is 1. The highest BCUT2D eigenvalue weighted by molar-refractivity contribution is 6.07. The molecule has 2 amide bonds. The second kappa shape index (κ2) is 9.17. The van der Waals surface area contributed by atoms with Crippen LogP contribution >= 0.6 is 0 Å². The van der Waals surface area contributed by atoms with Crippen LogP contribution in [0.3, 0.4) is 0 Å². The third-order valence-corrected chi connectivity index (χ3v) is 5.73. The molecular formula is C27H26F3N3O2. The van der Waals surface area contributed by atoms with Gasteiger partial charge in [-0.05, 0) is 47.7 Å². The van der Waals surface area contributed by atoms with E-state index >= 15 is 0 Å². The van der Waals surface area contributed by atoms with E-state index in [1.807, 2.05) is 39.0 Å². The number of rotatable bonds is 3. The molecule has 1 aliphatic rings. The lowest BCUT2D eigenvalue weighted by atomic mass is 9.89. The molecule has 0 fully saturated rings. The van der Waals surface area contributed by atoms with E-state index in [1.165, 1.54) is 17.0 Å². The fourth-order valence-electron chi connectivity index (χ4n) is 4.13. The van der Waals surface area contributed by atoms with Gasteiger partial charge in [-0.3, -0.25) is 14.6 Å². The lowest BCUT2D eigenvalue weighted by Gasteiger charge is -2.33. The molecule has 1 N–H and O–H groups in total. The molecule has 0 radical (unpaired) electrons. The maximum Gasteiger partial charge on any atom is 0.416 e. The lowest BCUT2D eigenvalue weighted by Crippen LogP contribution is -2.37. The number of benzene rings is 2. The van der Waals surface area contributed by atoms with Crippen molar-refractivity contribution in [2.45, 2.75) is 39.8 Å². The van der Waals surface area contributed by atoms with E-state index in [-0.39, 0.29) is 30.0 Å². The van der Waals surface area contributed by atoms with E-state index < -0.39 is 17.6 Å². The molecule has 0 spiro atoms. The molecule has 0 aliphatic carbocycles. The van der Waals surface area contributed by atoms with Crippen molar-refractivity contribution in [3.63, 3.8) is 0 Å². The highest BCUT2D eigenvalue weighted by atomic mass is 19.4. The molecule has 0 unspecified atom stereocenters. The number of carbonyl (C=O) groups is 2. The number of hydrogen-bond donors (Lipinski definition) is 1. The summed E-state index contributed by atoms with van der Waals surface area (Å²) >= 11 is 0. The standard InChI is InChI=1S/C27H26F3N3O2/c1-26(2,3)16-25(35)33-12-10-18(21-9-7-19(14-23(21)33)27(28,29)30)13-24(34)32-20-8-6-17-5-4-11-31-22(17)15-20/h4-9,11,13-15H,10,12,16H2,1-3H3,(H,32,34). The number of halogens is 3. The van der Waals surface area contributed by atoms with E-state index in [0.29, 0.717) is 23.2 Å². The van der Waals surface area contributed by atoms with Gasteiger partial charge in [0.15, 0.2) is 0 Å². The number of nitrogens with zero attached hydrogens (tertiary/aromatic N) is 2. The average molecular weight is 482 g/mol. The Morgan fingerprint density at radius 1 is 1.09 bits per heavy atom. The van der Waals surface area contributed by atoms with Crippen molar-refractivity contribution < 1.29 is 22.8 Å². The zero-order valence-electron chi connectivity index (χ0n) is 19.7. The molecule has 0 atom stereocenters. The van der Waals surface area contributed by atoms with E-state index in [2.05, 4.69) is 10.3 Å². The zero-order valence-corrected chi connectivity index (χ0v) is 19.7. The fourth-order valence-corrected chi connectivity index (χ4v) is 4.13. The molecule has 1 aliphatic heterocycles. The van der Waals surface area contributed by atoms with Gasteiger partial charge in [0.1, 0.15) is 0 Å². The number of hydrogen-bond acceptors (Lipinski definition) is 3. The summed E-state index contributed by atoms with van der Waals surface area (Å²) in [6.07, 6.45) is -0.952. The zero-order chi connectivity index (χ0) is 25.4. The van der Waals surface area contributed by atoms with Gasteiger partial charge in [-0.2, -0.15) is 13.2 Å². The van der Waals surface area contributed by atoms with Crippen LogP contribution in [0.1, 0.15) is 44.7 Å². The predicted molar refractivity (Wildman–Crippen MR) is 131 cm³/mol. The Labute approximate surface area is 201 Å². The van der Waals surface area contributed by atoms with Gasteiger partial charge < -0.3 is 10.2 Å². The Bertz CT molecular complexity index is 1320. The molecule has 0 saturated carbocycles. The van der Waals surface area contributed by atoms with Gasteiger partial charge >= 0.3 is 6.18 Å². The summed E-state index contributed by atoms with van der Waals surface area (Å²) in [6, 6.07) is 12.4. The molecule has 0 bridgehead atoms. The minimum atomic E-state index is -4.55. The van der Waals surface area contributed by atoms with Crippen molar-refractivity contribution in [2.75, 3.05) is 16.8 Å². The van der Waals surface area contributed by atoms with Crippen molar-refractivity contribution in [3.8, 4) is 0 Å². The number of nitrogens with one attached hydrogen (secondary N) is 1. The molecule has 2 heterocycles. The first kappa shape index (κ1) is 24.4. The molecule has 35 heavy (non-hydrogen) atoms. The van der Waals surface area contributed by atoms with Crippen molar-refractivity contribution in [1.29, 1.82) is 0 Å². The first-order valence-corrected chi connectivity index (χ1v) is 11.3. The van der Waals surface area contributed by atoms with Gasteiger partial charge in [-0.25, -0.2) is 0 Å². The van der Waals surface area contributed by atoms with Crippen LogP contribution in [0, 0.1) is 5.41 Å². The summed E-state index contributed by atoms with van der Waals surface area (Å²) < 4.78 is 40.3.